The first kappa shape index (κ1) is 14.3. The zero-order chi connectivity index (χ0) is 13.8. The Morgan fingerprint density at radius 3 is 2.53 bits per heavy atom. The van der Waals surface area contributed by atoms with Crippen molar-refractivity contribution >= 4 is 27.5 Å². The monoisotopic (exact) mass is 346 g/mol. The van der Waals surface area contributed by atoms with Gasteiger partial charge in [-0.1, -0.05) is 33.6 Å². The molecular weight excluding hydrogens is 338 g/mol. The molecule has 0 heterocycles. The van der Waals surface area contributed by atoms with Crippen LogP contribution in [0.2, 0.25) is 5.02 Å². The predicted molar refractivity (Wildman–Crippen MR) is 74.8 cm³/mol. The van der Waals surface area contributed by atoms with Gasteiger partial charge in [0.25, 0.3) is 0 Å². The van der Waals surface area contributed by atoms with E-state index in [2.05, 4.69) is 15.9 Å². The van der Waals surface area contributed by atoms with Crippen LogP contribution in [0.15, 0.2) is 36.4 Å². The highest BCUT2D eigenvalue weighted by molar-refractivity contribution is 9.08. The van der Waals surface area contributed by atoms with Gasteiger partial charge in [0.05, 0.1) is 5.02 Å². The molecule has 0 aromatic heterocycles. The number of benzene rings is 2. The number of halogens is 4. The second-order valence-electron chi connectivity index (χ2n) is 3.97. The van der Waals surface area contributed by atoms with E-state index in [9.17, 15) is 8.78 Å². The van der Waals surface area contributed by atoms with Gasteiger partial charge in [-0.05, 0) is 35.4 Å². The van der Waals surface area contributed by atoms with E-state index in [0.29, 0.717) is 16.6 Å². The van der Waals surface area contributed by atoms with Crippen LogP contribution in [0.25, 0.3) is 0 Å². The first-order chi connectivity index (χ1) is 9.08. The molecule has 100 valence electrons. The van der Waals surface area contributed by atoms with Gasteiger partial charge in [-0.25, -0.2) is 8.78 Å². The molecule has 0 N–H and O–H groups in total. The number of hydrogen-bond donors (Lipinski definition) is 0. The standard InChI is InChI=1S/C14H10BrClF2O/c15-7-10-3-11(17)6-12(4-10)19-8-9-1-2-13(16)14(18)5-9/h1-6H,7-8H2. The topological polar surface area (TPSA) is 9.23 Å². The molecule has 2 aromatic rings. The Hall–Kier alpha value is -1.13. The highest BCUT2D eigenvalue weighted by atomic mass is 79.9. The highest BCUT2D eigenvalue weighted by Gasteiger charge is 2.04. The van der Waals surface area contributed by atoms with E-state index in [1.54, 1.807) is 12.1 Å². The van der Waals surface area contributed by atoms with Crippen molar-refractivity contribution in [1.29, 1.82) is 0 Å². The van der Waals surface area contributed by atoms with Gasteiger partial charge < -0.3 is 4.74 Å². The van der Waals surface area contributed by atoms with E-state index in [-0.39, 0.29) is 17.4 Å². The van der Waals surface area contributed by atoms with E-state index in [1.165, 1.54) is 24.3 Å². The summed E-state index contributed by atoms with van der Waals surface area (Å²) in [5.74, 6) is -0.456. The minimum Gasteiger partial charge on any atom is -0.489 e. The first-order valence-corrected chi connectivity index (χ1v) is 7.00. The van der Waals surface area contributed by atoms with E-state index in [1.807, 2.05) is 0 Å². The van der Waals surface area contributed by atoms with Crippen molar-refractivity contribution in [3.63, 3.8) is 0 Å². The van der Waals surface area contributed by atoms with Gasteiger partial charge in [0.2, 0.25) is 0 Å². The van der Waals surface area contributed by atoms with E-state index in [0.717, 1.165) is 5.56 Å². The van der Waals surface area contributed by atoms with Crippen LogP contribution in [0, 0.1) is 11.6 Å². The first-order valence-electron chi connectivity index (χ1n) is 5.50. The zero-order valence-corrected chi connectivity index (χ0v) is 12.1. The van der Waals surface area contributed by atoms with Gasteiger partial charge in [-0.2, -0.15) is 0 Å². The van der Waals surface area contributed by atoms with Crippen LogP contribution < -0.4 is 4.74 Å². The van der Waals surface area contributed by atoms with Gasteiger partial charge in [-0.3, -0.25) is 0 Å². The average molecular weight is 348 g/mol. The molecule has 0 aliphatic rings. The summed E-state index contributed by atoms with van der Waals surface area (Å²) < 4.78 is 32.0. The molecule has 0 aliphatic carbocycles. The Balaban J connectivity index is 2.09. The third kappa shape index (κ3) is 3.91. The van der Waals surface area contributed by atoms with E-state index >= 15 is 0 Å². The largest absolute Gasteiger partial charge is 0.489 e. The van der Waals surface area contributed by atoms with Crippen LogP contribution in [0.3, 0.4) is 0 Å². The summed E-state index contributed by atoms with van der Waals surface area (Å²) in [6.07, 6.45) is 0. The Bertz CT molecular complexity index is 590. The van der Waals surface area contributed by atoms with Gasteiger partial charge in [0.1, 0.15) is 24.0 Å². The van der Waals surface area contributed by atoms with E-state index in [4.69, 9.17) is 16.3 Å². The number of ether oxygens (including phenoxy) is 1. The SMILES string of the molecule is Fc1cc(CBr)cc(OCc2ccc(Cl)c(F)c2)c1. The maximum atomic E-state index is 13.3. The maximum Gasteiger partial charge on any atom is 0.142 e. The van der Waals surface area contributed by atoms with Crippen LogP contribution in [-0.2, 0) is 11.9 Å². The minimum atomic E-state index is -0.497. The van der Waals surface area contributed by atoms with Crippen molar-refractivity contribution in [2.24, 2.45) is 0 Å². The number of alkyl halides is 1. The Kier molecular flexibility index (Phi) is 4.77. The quantitative estimate of drug-likeness (QED) is 0.700. The Morgan fingerprint density at radius 2 is 1.84 bits per heavy atom. The van der Waals surface area contributed by atoms with Crippen molar-refractivity contribution < 1.29 is 13.5 Å². The normalized spacial score (nSPS) is 10.5. The fraction of sp³-hybridized carbons (Fsp3) is 0.143. The lowest BCUT2D eigenvalue weighted by molar-refractivity contribution is 0.303. The fourth-order valence-electron chi connectivity index (χ4n) is 1.58. The van der Waals surface area contributed by atoms with Gasteiger partial charge in [-0.15, -0.1) is 0 Å². The summed E-state index contributed by atoms with van der Waals surface area (Å²) in [7, 11) is 0. The van der Waals surface area contributed by atoms with Crippen molar-refractivity contribution in [1.82, 2.24) is 0 Å². The molecular formula is C14H10BrClF2O. The highest BCUT2D eigenvalue weighted by Crippen LogP contribution is 2.21. The second-order valence-corrected chi connectivity index (χ2v) is 4.93. The van der Waals surface area contributed by atoms with Crippen molar-refractivity contribution in [3.8, 4) is 5.75 Å². The maximum absolute atomic E-state index is 13.3. The van der Waals surface area contributed by atoms with Gasteiger partial charge in [0, 0.05) is 11.4 Å². The molecule has 0 unspecified atom stereocenters. The molecule has 0 atom stereocenters. The third-order valence-corrected chi connectivity index (χ3v) is 3.43. The molecule has 19 heavy (non-hydrogen) atoms. The molecule has 0 fully saturated rings. The molecule has 1 nitrogen and oxygen atoms in total. The zero-order valence-electron chi connectivity index (χ0n) is 9.80. The van der Waals surface area contributed by atoms with Crippen LogP contribution in [0.5, 0.6) is 5.75 Å². The molecule has 2 rings (SSSR count). The van der Waals surface area contributed by atoms with Crippen LogP contribution >= 0.6 is 27.5 Å². The lowest BCUT2D eigenvalue weighted by Crippen LogP contribution is -1.97. The minimum absolute atomic E-state index is 0.0658. The number of hydrogen-bond acceptors (Lipinski definition) is 1. The van der Waals surface area contributed by atoms with Gasteiger partial charge >= 0.3 is 0 Å². The summed E-state index contributed by atoms with van der Waals surface area (Å²) in [5, 5.41) is 0.604. The lowest BCUT2D eigenvalue weighted by Gasteiger charge is -2.08. The van der Waals surface area contributed by atoms with Crippen LogP contribution in [-0.4, -0.2) is 0 Å². The molecule has 5 heteroatoms. The molecule has 0 saturated heterocycles. The molecule has 2 aromatic carbocycles. The Labute approximate surface area is 123 Å². The van der Waals surface area contributed by atoms with Crippen molar-refractivity contribution in [2.45, 2.75) is 11.9 Å². The number of rotatable bonds is 4. The average Bonchev–Trinajstić information content (AvgIpc) is 2.39. The summed E-state index contributed by atoms with van der Waals surface area (Å²) in [5.41, 5.74) is 1.41. The van der Waals surface area contributed by atoms with E-state index < -0.39 is 5.82 Å². The molecule has 0 spiro atoms. The molecule has 0 radical (unpaired) electrons. The smallest absolute Gasteiger partial charge is 0.142 e. The molecule has 0 amide bonds. The second kappa shape index (κ2) is 6.35. The van der Waals surface area contributed by atoms with Crippen LogP contribution in [0.1, 0.15) is 11.1 Å². The van der Waals surface area contributed by atoms with Crippen molar-refractivity contribution in [2.75, 3.05) is 0 Å². The summed E-state index contributed by atoms with van der Waals surface area (Å²) in [6, 6.07) is 8.86. The predicted octanol–water partition coefficient (Wildman–Crippen LogP) is 5.09. The summed E-state index contributed by atoms with van der Waals surface area (Å²) in [6.45, 7) is 0.152. The molecule has 0 saturated carbocycles. The third-order valence-electron chi connectivity index (χ3n) is 2.47. The van der Waals surface area contributed by atoms with Crippen LogP contribution in [0.4, 0.5) is 8.78 Å². The molecule has 0 aliphatic heterocycles. The fourth-order valence-corrected chi connectivity index (χ4v) is 2.02. The van der Waals surface area contributed by atoms with Gasteiger partial charge in [0.15, 0.2) is 0 Å². The molecule has 0 bridgehead atoms. The van der Waals surface area contributed by atoms with Crippen molar-refractivity contribution in [3.05, 3.63) is 64.2 Å². The summed E-state index contributed by atoms with van der Waals surface area (Å²) in [4.78, 5) is 0. The Morgan fingerprint density at radius 1 is 1.05 bits per heavy atom. The summed E-state index contributed by atoms with van der Waals surface area (Å²) >= 11 is 8.84. The lowest BCUT2D eigenvalue weighted by atomic mass is 10.2.